The normalized spacial score (nSPS) is 19.2. The first kappa shape index (κ1) is 15.8. The zero-order chi connectivity index (χ0) is 15.1. The van der Waals surface area contributed by atoms with Crippen LogP contribution in [0.5, 0.6) is 0 Å². The number of aliphatic hydroxyl groups excluding tert-OH is 1. The molecule has 1 aromatic rings. The Morgan fingerprint density at radius 3 is 2.86 bits per heavy atom. The maximum absolute atomic E-state index is 12.4. The molecule has 0 saturated carbocycles. The fraction of sp³-hybridized carbons (Fsp3) is 0.562. The highest BCUT2D eigenvalue weighted by Crippen LogP contribution is 2.15. The van der Waals surface area contributed by atoms with Crippen molar-refractivity contribution in [2.24, 2.45) is 0 Å². The van der Waals surface area contributed by atoms with Gasteiger partial charge in [0.05, 0.1) is 18.8 Å². The Bertz CT molecular complexity index is 432. The highest BCUT2D eigenvalue weighted by molar-refractivity contribution is 5.74. The molecule has 0 aliphatic carbocycles. The van der Waals surface area contributed by atoms with Gasteiger partial charge >= 0.3 is 6.03 Å². The molecule has 116 valence electrons. The minimum atomic E-state index is -0.157. The van der Waals surface area contributed by atoms with E-state index in [2.05, 4.69) is 5.32 Å². The molecule has 0 bridgehead atoms. The number of aliphatic hydroxyl groups is 1. The molecule has 0 aromatic heterocycles. The van der Waals surface area contributed by atoms with Crippen LogP contribution in [0.1, 0.15) is 25.3 Å². The summed E-state index contributed by atoms with van der Waals surface area (Å²) in [5, 5.41) is 12.1. The first-order valence-corrected chi connectivity index (χ1v) is 7.52. The van der Waals surface area contributed by atoms with Crippen LogP contribution in [0.15, 0.2) is 30.3 Å². The van der Waals surface area contributed by atoms with Gasteiger partial charge in [-0.15, -0.1) is 0 Å². The lowest BCUT2D eigenvalue weighted by Crippen LogP contribution is -2.48. The Morgan fingerprint density at radius 1 is 1.48 bits per heavy atom. The molecule has 0 spiro atoms. The van der Waals surface area contributed by atoms with E-state index in [4.69, 9.17) is 9.84 Å². The fourth-order valence-electron chi connectivity index (χ4n) is 2.55. The number of carbonyl (C=O) groups is 1. The number of ether oxygens (including phenoxy) is 1. The van der Waals surface area contributed by atoms with E-state index in [0.717, 1.165) is 25.0 Å². The quantitative estimate of drug-likeness (QED) is 0.840. The van der Waals surface area contributed by atoms with Crippen LogP contribution in [-0.4, -0.2) is 47.9 Å². The van der Waals surface area contributed by atoms with Crippen molar-refractivity contribution >= 4 is 6.03 Å². The lowest BCUT2D eigenvalue weighted by molar-refractivity contribution is 0.0823. The zero-order valence-electron chi connectivity index (χ0n) is 12.5. The Kier molecular flexibility index (Phi) is 6.02. The molecule has 1 aliphatic heterocycles. The van der Waals surface area contributed by atoms with Gasteiger partial charge in [-0.2, -0.15) is 0 Å². The lowest BCUT2D eigenvalue weighted by atomic mass is 10.1. The summed E-state index contributed by atoms with van der Waals surface area (Å²) in [5.74, 6) is 0. The number of hydrogen-bond acceptors (Lipinski definition) is 3. The Labute approximate surface area is 125 Å². The van der Waals surface area contributed by atoms with Crippen LogP contribution in [-0.2, 0) is 11.3 Å². The SMILES string of the molecule is CC(NC(=O)N(CCO)Cc1ccccc1)C1CCCO1. The van der Waals surface area contributed by atoms with Gasteiger partial charge in [0.1, 0.15) is 0 Å². The summed E-state index contributed by atoms with van der Waals surface area (Å²) in [6, 6.07) is 9.61. The molecule has 2 rings (SSSR count). The smallest absolute Gasteiger partial charge is 0.318 e. The number of rotatable bonds is 6. The molecule has 1 fully saturated rings. The lowest BCUT2D eigenvalue weighted by Gasteiger charge is -2.26. The minimum Gasteiger partial charge on any atom is -0.395 e. The third-order valence-corrected chi connectivity index (χ3v) is 3.75. The van der Waals surface area contributed by atoms with Crippen molar-refractivity contribution in [3.8, 4) is 0 Å². The van der Waals surface area contributed by atoms with Gasteiger partial charge in [-0.25, -0.2) is 4.79 Å². The fourth-order valence-corrected chi connectivity index (χ4v) is 2.55. The van der Waals surface area contributed by atoms with Gasteiger partial charge in [-0.05, 0) is 25.3 Å². The maximum atomic E-state index is 12.4. The van der Waals surface area contributed by atoms with E-state index in [1.54, 1.807) is 4.90 Å². The molecule has 5 heteroatoms. The minimum absolute atomic E-state index is 0.0167. The largest absolute Gasteiger partial charge is 0.395 e. The summed E-state index contributed by atoms with van der Waals surface area (Å²) in [4.78, 5) is 14.0. The Morgan fingerprint density at radius 2 is 2.24 bits per heavy atom. The summed E-state index contributed by atoms with van der Waals surface area (Å²) in [6.07, 6.45) is 2.14. The second-order valence-corrected chi connectivity index (χ2v) is 5.42. The summed E-state index contributed by atoms with van der Waals surface area (Å²) in [6.45, 7) is 3.50. The van der Waals surface area contributed by atoms with Gasteiger partial charge in [0.15, 0.2) is 0 Å². The number of carbonyl (C=O) groups excluding carboxylic acids is 1. The van der Waals surface area contributed by atoms with E-state index in [9.17, 15) is 4.79 Å². The van der Waals surface area contributed by atoms with Crippen molar-refractivity contribution in [1.29, 1.82) is 0 Å². The van der Waals surface area contributed by atoms with Gasteiger partial charge in [-0.3, -0.25) is 0 Å². The van der Waals surface area contributed by atoms with Gasteiger partial charge < -0.3 is 20.1 Å². The second-order valence-electron chi connectivity index (χ2n) is 5.42. The third-order valence-electron chi connectivity index (χ3n) is 3.75. The molecule has 1 saturated heterocycles. The van der Waals surface area contributed by atoms with Gasteiger partial charge in [0.2, 0.25) is 0 Å². The van der Waals surface area contributed by atoms with E-state index in [1.807, 2.05) is 37.3 Å². The molecule has 0 radical (unpaired) electrons. The molecule has 1 heterocycles. The second kappa shape index (κ2) is 8.00. The van der Waals surface area contributed by atoms with Gasteiger partial charge in [-0.1, -0.05) is 30.3 Å². The number of benzene rings is 1. The number of nitrogens with one attached hydrogen (secondary N) is 1. The maximum Gasteiger partial charge on any atom is 0.318 e. The number of hydrogen-bond donors (Lipinski definition) is 2. The van der Waals surface area contributed by atoms with E-state index >= 15 is 0 Å². The molecule has 2 amide bonds. The van der Waals surface area contributed by atoms with Crippen LogP contribution in [0.4, 0.5) is 4.79 Å². The summed E-state index contributed by atoms with van der Waals surface area (Å²) in [7, 11) is 0. The van der Waals surface area contributed by atoms with Crippen LogP contribution in [0.25, 0.3) is 0 Å². The summed E-state index contributed by atoms with van der Waals surface area (Å²) < 4.78 is 5.59. The number of nitrogens with zero attached hydrogens (tertiary/aromatic N) is 1. The highest BCUT2D eigenvalue weighted by Gasteiger charge is 2.25. The standard InChI is InChI=1S/C16H24N2O3/c1-13(15-8-5-11-21-15)17-16(20)18(9-10-19)12-14-6-3-2-4-7-14/h2-4,6-7,13,15,19H,5,8-12H2,1H3,(H,17,20). The molecule has 5 nitrogen and oxygen atoms in total. The van der Waals surface area contributed by atoms with E-state index in [-0.39, 0.29) is 24.8 Å². The molecule has 21 heavy (non-hydrogen) atoms. The number of amides is 2. The van der Waals surface area contributed by atoms with Crippen molar-refractivity contribution in [3.63, 3.8) is 0 Å². The van der Waals surface area contributed by atoms with E-state index in [1.165, 1.54) is 0 Å². The molecular weight excluding hydrogens is 268 g/mol. The molecular formula is C16H24N2O3. The molecule has 1 aliphatic rings. The van der Waals surface area contributed by atoms with Crippen LogP contribution in [0, 0.1) is 0 Å². The van der Waals surface area contributed by atoms with Crippen molar-refractivity contribution in [1.82, 2.24) is 10.2 Å². The monoisotopic (exact) mass is 292 g/mol. The van der Waals surface area contributed by atoms with Crippen molar-refractivity contribution < 1.29 is 14.6 Å². The summed E-state index contributed by atoms with van der Waals surface area (Å²) >= 11 is 0. The van der Waals surface area contributed by atoms with Crippen molar-refractivity contribution in [2.75, 3.05) is 19.8 Å². The Hall–Kier alpha value is -1.59. The predicted molar refractivity (Wildman–Crippen MR) is 80.9 cm³/mol. The average molecular weight is 292 g/mol. The van der Waals surface area contributed by atoms with Crippen LogP contribution in [0.2, 0.25) is 0 Å². The number of urea groups is 1. The van der Waals surface area contributed by atoms with Crippen molar-refractivity contribution in [2.45, 2.75) is 38.5 Å². The van der Waals surface area contributed by atoms with Crippen LogP contribution in [0.3, 0.4) is 0 Å². The third kappa shape index (κ3) is 4.72. The van der Waals surface area contributed by atoms with Gasteiger partial charge in [0.25, 0.3) is 0 Å². The van der Waals surface area contributed by atoms with E-state index < -0.39 is 0 Å². The van der Waals surface area contributed by atoms with Gasteiger partial charge in [0, 0.05) is 19.7 Å². The first-order chi connectivity index (χ1) is 10.2. The van der Waals surface area contributed by atoms with E-state index in [0.29, 0.717) is 13.1 Å². The van der Waals surface area contributed by atoms with Crippen molar-refractivity contribution in [3.05, 3.63) is 35.9 Å². The molecule has 1 aromatic carbocycles. The van der Waals surface area contributed by atoms with Crippen LogP contribution < -0.4 is 5.32 Å². The topological polar surface area (TPSA) is 61.8 Å². The Balaban J connectivity index is 1.91. The first-order valence-electron chi connectivity index (χ1n) is 7.52. The summed E-state index contributed by atoms with van der Waals surface area (Å²) in [5.41, 5.74) is 1.05. The molecule has 2 N–H and O–H groups in total. The molecule has 2 atom stereocenters. The molecule has 2 unspecified atom stereocenters. The highest BCUT2D eigenvalue weighted by atomic mass is 16.5. The zero-order valence-corrected chi connectivity index (χ0v) is 12.5. The predicted octanol–water partition coefficient (Wildman–Crippen LogP) is 1.76. The average Bonchev–Trinajstić information content (AvgIpc) is 3.02. The van der Waals surface area contributed by atoms with Crippen LogP contribution >= 0.6 is 0 Å².